The van der Waals surface area contributed by atoms with Gasteiger partial charge in [-0.05, 0) is 19.3 Å². The van der Waals surface area contributed by atoms with Gasteiger partial charge in [0.1, 0.15) is 0 Å². The molecule has 2 N–H and O–H groups in total. The summed E-state index contributed by atoms with van der Waals surface area (Å²) in [6.45, 7) is 1.94. The van der Waals surface area contributed by atoms with E-state index in [0.29, 0.717) is 19.3 Å². The van der Waals surface area contributed by atoms with Gasteiger partial charge in [-0.25, -0.2) is 17.9 Å². The van der Waals surface area contributed by atoms with Crippen molar-refractivity contribution in [3.8, 4) is 0 Å². The normalized spacial score (nSPS) is 25.8. The average molecular weight is 251 g/mol. The van der Waals surface area contributed by atoms with Crippen LogP contribution in [-0.4, -0.2) is 44.0 Å². The zero-order valence-electron chi connectivity index (χ0n) is 9.18. The van der Waals surface area contributed by atoms with Gasteiger partial charge in [-0.3, -0.25) is 0 Å². The molecule has 0 radical (unpaired) electrons. The van der Waals surface area contributed by atoms with Crippen molar-refractivity contribution in [1.29, 1.82) is 0 Å². The number of carbonyl (C=O) groups is 1. The predicted molar refractivity (Wildman–Crippen MR) is 57.6 cm³/mol. The van der Waals surface area contributed by atoms with E-state index in [4.69, 9.17) is 9.84 Å². The zero-order chi connectivity index (χ0) is 12.2. The second kappa shape index (κ2) is 5.60. The molecule has 0 spiro atoms. The number of hydrogen-bond acceptors (Lipinski definition) is 4. The van der Waals surface area contributed by atoms with Crippen molar-refractivity contribution in [2.24, 2.45) is 0 Å². The molecule has 94 valence electrons. The minimum absolute atomic E-state index is 0.0854. The SMILES string of the molecule is CCCS(=O)(=O)NCC1CCC(C(=O)O)O1. The first kappa shape index (κ1) is 13.4. The number of aliphatic carboxylic acids is 1. The Balaban J connectivity index is 2.33. The zero-order valence-corrected chi connectivity index (χ0v) is 10.00. The minimum Gasteiger partial charge on any atom is -0.479 e. The first-order chi connectivity index (χ1) is 7.44. The van der Waals surface area contributed by atoms with Crippen LogP contribution in [0.5, 0.6) is 0 Å². The summed E-state index contributed by atoms with van der Waals surface area (Å²) >= 11 is 0. The molecule has 16 heavy (non-hydrogen) atoms. The summed E-state index contributed by atoms with van der Waals surface area (Å²) in [7, 11) is -3.23. The summed E-state index contributed by atoms with van der Waals surface area (Å²) in [6, 6.07) is 0. The lowest BCUT2D eigenvalue weighted by Crippen LogP contribution is -2.34. The highest BCUT2D eigenvalue weighted by Gasteiger charge is 2.30. The molecule has 0 bridgehead atoms. The van der Waals surface area contributed by atoms with Gasteiger partial charge in [0.25, 0.3) is 0 Å². The molecular weight excluding hydrogens is 234 g/mol. The monoisotopic (exact) mass is 251 g/mol. The number of nitrogens with one attached hydrogen (secondary N) is 1. The maximum Gasteiger partial charge on any atom is 0.332 e. The predicted octanol–water partition coefficient (Wildman–Crippen LogP) is -0.0520. The number of carboxylic acids is 1. The van der Waals surface area contributed by atoms with Crippen molar-refractivity contribution < 1.29 is 23.1 Å². The number of rotatable bonds is 6. The Morgan fingerprint density at radius 3 is 2.69 bits per heavy atom. The molecule has 7 heteroatoms. The van der Waals surface area contributed by atoms with Crippen molar-refractivity contribution >= 4 is 16.0 Å². The second-order valence-corrected chi connectivity index (χ2v) is 5.76. The van der Waals surface area contributed by atoms with Crippen LogP contribution >= 0.6 is 0 Å². The fourth-order valence-corrected chi connectivity index (χ4v) is 2.72. The fraction of sp³-hybridized carbons (Fsp3) is 0.889. The molecule has 0 aliphatic carbocycles. The maximum atomic E-state index is 11.3. The van der Waals surface area contributed by atoms with Gasteiger partial charge in [-0.1, -0.05) is 6.92 Å². The highest BCUT2D eigenvalue weighted by molar-refractivity contribution is 7.89. The molecule has 0 aromatic rings. The summed E-state index contributed by atoms with van der Waals surface area (Å²) in [6.07, 6.45) is 0.452. The van der Waals surface area contributed by atoms with E-state index in [1.807, 2.05) is 0 Å². The standard InChI is InChI=1S/C9H17NO5S/c1-2-5-16(13,14)10-6-7-3-4-8(15-7)9(11)12/h7-8,10H,2-6H2,1H3,(H,11,12). The quantitative estimate of drug-likeness (QED) is 0.690. The highest BCUT2D eigenvalue weighted by atomic mass is 32.2. The molecule has 1 heterocycles. The molecule has 1 fully saturated rings. The smallest absolute Gasteiger partial charge is 0.332 e. The molecular formula is C9H17NO5S. The Morgan fingerprint density at radius 2 is 2.19 bits per heavy atom. The van der Waals surface area contributed by atoms with E-state index in [-0.39, 0.29) is 18.4 Å². The van der Waals surface area contributed by atoms with Crippen LogP contribution in [0.3, 0.4) is 0 Å². The highest BCUT2D eigenvalue weighted by Crippen LogP contribution is 2.19. The van der Waals surface area contributed by atoms with Crippen LogP contribution < -0.4 is 4.72 Å². The molecule has 0 amide bonds. The average Bonchev–Trinajstić information content (AvgIpc) is 2.63. The number of carboxylic acid groups (broad SMARTS) is 1. The molecule has 1 aliphatic heterocycles. The Hall–Kier alpha value is -0.660. The maximum absolute atomic E-state index is 11.3. The van der Waals surface area contributed by atoms with Crippen LogP contribution in [0.25, 0.3) is 0 Å². The van der Waals surface area contributed by atoms with Crippen LogP contribution in [0.15, 0.2) is 0 Å². The van der Waals surface area contributed by atoms with Crippen LogP contribution in [-0.2, 0) is 19.6 Å². The summed E-state index contributed by atoms with van der Waals surface area (Å²) in [5.74, 6) is -0.902. The van der Waals surface area contributed by atoms with E-state index in [1.165, 1.54) is 0 Å². The van der Waals surface area contributed by atoms with E-state index >= 15 is 0 Å². The third kappa shape index (κ3) is 4.07. The molecule has 1 aliphatic rings. The van der Waals surface area contributed by atoms with E-state index in [0.717, 1.165) is 0 Å². The molecule has 0 aromatic carbocycles. The molecule has 2 atom stereocenters. The van der Waals surface area contributed by atoms with Crippen molar-refractivity contribution in [3.63, 3.8) is 0 Å². The lowest BCUT2D eigenvalue weighted by molar-refractivity contribution is -0.149. The number of hydrogen-bond donors (Lipinski definition) is 2. The van der Waals surface area contributed by atoms with E-state index in [9.17, 15) is 13.2 Å². The van der Waals surface area contributed by atoms with Crippen molar-refractivity contribution in [2.75, 3.05) is 12.3 Å². The fourth-order valence-electron chi connectivity index (χ4n) is 1.60. The van der Waals surface area contributed by atoms with Gasteiger partial charge in [0.15, 0.2) is 6.10 Å². The van der Waals surface area contributed by atoms with E-state index in [1.54, 1.807) is 6.92 Å². The third-order valence-electron chi connectivity index (χ3n) is 2.39. The molecule has 0 saturated carbocycles. The Morgan fingerprint density at radius 1 is 1.50 bits per heavy atom. The summed E-state index contributed by atoms with van der Waals surface area (Å²) in [5.41, 5.74) is 0. The summed E-state index contributed by atoms with van der Waals surface area (Å²) < 4.78 is 30.2. The third-order valence-corrected chi connectivity index (χ3v) is 3.94. The molecule has 2 unspecified atom stereocenters. The first-order valence-electron chi connectivity index (χ1n) is 5.30. The van der Waals surface area contributed by atoms with Crippen molar-refractivity contribution in [2.45, 2.75) is 38.4 Å². The van der Waals surface area contributed by atoms with Crippen molar-refractivity contribution in [1.82, 2.24) is 4.72 Å². The van der Waals surface area contributed by atoms with Gasteiger partial charge >= 0.3 is 5.97 Å². The van der Waals surface area contributed by atoms with Crippen LogP contribution in [0.2, 0.25) is 0 Å². The Kier molecular flexibility index (Phi) is 4.69. The largest absolute Gasteiger partial charge is 0.479 e. The van der Waals surface area contributed by atoms with Crippen LogP contribution in [0.1, 0.15) is 26.2 Å². The van der Waals surface area contributed by atoms with Crippen molar-refractivity contribution in [3.05, 3.63) is 0 Å². The number of sulfonamides is 1. The second-order valence-electron chi connectivity index (χ2n) is 3.83. The van der Waals surface area contributed by atoms with Gasteiger partial charge in [0.05, 0.1) is 11.9 Å². The summed E-state index contributed by atoms with van der Waals surface area (Å²) in [5, 5.41) is 8.68. The lowest BCUT2D eigenvalue weighted by Gasteiger charge is -2.12. The van der Waals surface area contributed by atoms with Gasteiger partial charge in [0, 0.05) is 6.54 Å². The topological polar surface area (TPSA) is 92.7 Å². The minimum atomic E-state index is -3.23. The lowest BCUT2D eigenvalue weighted by atomic mass is 10.2. The van der Waals surface area contributed by atoms with E-state index in [2.05, 4.69) is 4.72 Å². The van der Waals surface area contributed by atoms with E-state index < -0.39 is 22.1 Å². The van der Waals surface area contributed by atoms with Crippen LogP contribution in [0, 0.1) is 0 Å². The number of ether oxygens (including phenoxy) is 1. The summed E-state index contributed by atoms with van der Waals surface area (Å²) in [4.78, 5) is 10.6. The molecule has 0 aromatic heterocycles. The van der Waals surface area contributed by atoms with Gasteiger partial charge in [-0.2, -0.15) is 0 Å². The molecule has 6 nitrogen and oxygen atoms in total. The molecule has 1 rings (SSSR count). The van der Waals surface area contributed by atoms with Gasteiger partial charge in [-0.15, -0.1) is 0 Å². The van der Waals surface area contributed by atoms with Gasteiger partial charge in [0.2, 0.25) is 10.0 Å². The Bertz CT molecular complexity index is 340. The van der Waals surface area contributed by atoms with Gasteiger partial charge < -0.3 is 9.84 Å². The first-order valence-corrected chi connectivity index (χ1v) is 6.95. The molecule has 1 saturated heterocycles. The Labute approximate surface area is 95.0 Å². The van der Waals surface area contributed by atoms with Crippen LogP contribution in [0.4, 0.5) is 0 Å².